The average molecular weight is 451 g/mol. The van der Waals surface area contributed by atoms with Crippen molar-refractivity contribution in [2.24, 2.45) is 5.92 Å². The first kappa shape index (κ1) is 22.8. The van der Waals surface area contributed by atoms with Gasteiger partial charge in [0.1, 0.15) is 12.4 Å². The minimum Gasteiger partial charge on any atom is -0.491 e. The molecule has 3 aromatic rings. The number of hydrogen-bond acceptors (Lipinski definition) is 5. The number of hydrogen-bond donors (Lipinski definition) is 2. The van der Waals surface area contributed by atoms with E-state index in [-0.39, 0.29) is 40.9 Å². The molecule has 174 valence electrons. The number of aromatic nitrogens is 3. The molecule has 4 rings (SSSR count). The zero-order chi connectivity index (χ0) is 23.7. The molecule has 1 aromatic carbocycles. The Morgan fingerprint density at radius 3 is 2.58 bits per heavy atom. The van der Waals surface area contributed by atoms with Crippen LogP contribution in [0.2, 0.25) is 0 Å². The lowest BCUT2D eigenvalue weighted by atomic mass is 10.1. The van der Waals surface area contributed by atoms with Crippen LogP contribution in [0.4, 0.5) is 0 Å². The minimum atomic E-state index is -0.596. The van der Waals surface area contributed by atoms with Crippen LogP contribution in [-0.4, -0.2) is 33.6 Å². The first-order chi connectivity index (χ1) is 15.8. The zero-order valence-electron chi connectivity index (χ0n) is 19.5. The second kappa shape index (κ2) is 9.21. The highest BCUT2D eigenvalue weighted by atomic mass is 16.5. The van der Waals surface area contributed by atoms with Gasteiger partial charge < -0.3 is 10.1 Å². The van der Waals surface area contributed by atoms with E-state index in [1.807, 2.05) is 45.9 Å². The van der Waals surface area contributed by atoms with E-state index in [9.17, 15) is 14.4 Å². The predicted octanol–water partition coefficient (Wildman–Crippen LogP) is 3.04. The Bertz CT molecular complexity index is 1300. The molecule has 0 spiro atoms. The molecule has 1 aliphatic carbocycles. The zero-order valence-corrected chi connectivity index (χ0v) is 19.5. The number of rotatable bonds is 8. The summed E-state index contributed by atoms with van der Waals surface area (Å²) in [6.45, 7) is 8.90. The Balaban J connectivity index is 1.63. The Morgan fingerprint density at radius 1 is 1.24 bits per heavy atom. The van der Waals surface area contributed by atoms with E-state index in [0.717, 1.165) is 35.4 Å². The lowest BCUT2D eigenvalue weighted by Crippen LogP contribution is -2.35. The molecule has 0 radical (unpaired) electrons. The number of ether oxygens (including phenoxy) is 1. The average Bonchev–Trinajstić information content (AvgIpc) is 3.60. The fourth-order valence-electron chi connectivity index (χ4n) is 4.03. The fourth-order valence-corrected chi connectivity index (χ4v) is 4.03. The predicted molar refractivity (Wildman–Crippen MR) is 127 cm³/mol. The monoisotopic (exact) mass is 450 g/mol. The maximum Gasteiger partial charge on any atom is 0.330 e. The number of para-hydroxylation sites is 1. The molecular formula is C25H30N4O4. The third-order valence-corrected chi connectivity index (χ3v) is 5.80. The second-order valence-electron chi connectivity index (χ2n) is 9.16. The number of fused-ring (bicyclic) bond motifs is 1. The van der Waals surface area contributed by atoms with Crippen LogP contribution in [0.15, 0.2) is 33.9 Å². The highest BCUT2D eigenvalue weighted by Gasteiger charge is 2.28. The molecule has 0 aliphatic heterocycles. The SMILES string of the molecule is Cc1cccc(C)c1OCCNC(=O)c1cc(C2CC2)nc2c1c(=O)[nH]c(=O)n2CC(C)C. The van der Waals surface area contributed by atoms with Gasteiger partial charge in [0.2, 0.25) is 0 Å². The molecule has 1 fully saturated rings. The highest BCUT2D eigenvalue weighted by Crippen LogP contribution is 2.39. The van der Waals surface area contributed by atoms with Crippen molar-refractivity contribution >= 4 is 16.9 Å². The largest absolute Gasteiger partial charge is 0.491 e. The second-order valence-corrected chi connectivity index (χ2v) is 9.16. The number of carbonyl (C=O) groups is 1. The molecule has 1 amide bonds. The molecule has 8 heteroatoms. The van der Waals surface area contributed by atoms with Gasteiger partial charge >= 0.3 is 5.69 Å². The van der Waals surface area contributed by atoms with Gasteiger partial charge in [-0.1, -0.05) is 32.0 Å². The first-order valence-electron chi connectivity index (χ1n) is 11.4. The molecule has 1 saturated carbocycles. The van der Waals surface area contributed by atoms with Crippen molar-refractivity contribution in [3.8, 4) is 5.75 Å². The highest BCUT2D eigenvalue weighted by molar-refractivity contribution is 6.05. The Hall–Kier alpha value is -3.42. The number of H-pyrrole nitrogens is 1. The van der Waals surface area contributed by atoms with Crippen LogP contribution >= 0.6 is 0 Å². The third kappa shape index (κ3) is 4.84. The summed E-state index contributed by atoms with van der Waals surface area (Å²) in [5.74, 6) is 0.860. The van der Waals surface area contributed by atoms with E-state index in [2.05, 4.69) is 15.3 Å². The number of aryl methyl sites for hydroxylation is 2. The van der Waals surface area contributed by atoms with Crippen molar-refractivity contribution in [1.29, 1.82) is 0 Å². The molecule has 2 heterocycles. The summed E-state index contributed by atoms with van der Waals surface area (Å²) in [5.41, 5.74) is 2.24. The summed E-state index contributed by atoms with van der Waals surface area (Å²) in [5, 5.41) is 3.00. The summed E-state index contributed by atoms with van der Waals surface area (Å²) < 4.78 is 7.34. The molecule has 2 aromatic heterocycles. The fraction of sp³-hybridized carbons (Fsp3) is 0.440. The third-order valence-electron chi connectivity index (χ3n) is 5.80. The van der Waals surface area contributed by atoms with Crippen LogP contribution in [0, 0.1) is 19.8 Å². The van der Waals surface area contributed by atoms with E-state index in [4.69, 9.17) is 4.74 Å². The van der Waals surface area contributed by atoms with Crippen LogP contribution in [-0.2, 0) is 6.54 Å². The van der Waals surface area contributed by atoms with Gasteiger partial charge in [0, 0.05) is 18.2 Å². The number of carbonyl (C=O) groups excluding carboxylic acids is 1. The summed E-state index contributed by atoms with van der Waals surface area (Å²) >= 11 is 0. The molecule has 1 aliphatic rings. The van der Waals surface area contributed by atoms with Gasteiger partial charge in [-0.3, -0.25) is 19.1 Å². The number of aromatic amines is 1. The topological polar surface area (TPSA) is 106 Å². The molecule has 0 bridgehead atoms. The van der Waals surface area contributed by atoms with Gasteiger partial charge in [-0.2, -0.15) is 0 Å². The van der Waals surface area contributed by atoms with Gasteiger partial charge in [0.15, 0.2) is 5.65 Å². The molecule has 8 nitrogen and oxygen atoms in total. The van der Waals surface area contributed by atoms with Crippen LogP contribution in [0.1, 0.15) is 59.8 Å². The summed E-state index contributed by atoms with van der Waals surface area (Å²) in [6, 6.07) is 7.63. The van der Waals surface area contributed by atoms with Gasteiger partial charge in [0.05, 0.1) is 17.5 Å². The summed E-state index contributed by atoms with van der Waals surface area (Å²) in [7, 11) is 0. The maximum absolute atomic E-state index is 13.1. The molecule has 0 saturated heterocycles. The number of nitrogens with one attached hydrogen (secondary N) is 2. The normalized spacial score (nSPS) is 13.5. The van der Waals surface area contributed by atoms with Gasteiger partial charge in [-0.25, -0.2) is 9.78 Å². The van der Waals surface area contributed by atoms with Crippen LogP contribution in [0.3, 0.4) is 0 Å². The summed E-state index contributed by atoms with van der Waals surface area (Å²) in [4.78, 5) is 45.4. The van der Waals surface area contributed by atoms with Gasteiger partial charge in [-0.05, 0) is 49.8 Å². The van der Waals surface area contributed by atoms with Crippen molar-refractivity contribution in [3.05, 3.63) is 67.5 Å². The van der Waals surface area contributed by atoms with E-state index < -0.39 is 11.2 Å². The molecule has 0 atom stereocenters. The Morgan fingerprint density at radius 2 is 1.94 bits per heavy atom. The minimum absolute atomic E-state index is 0.146. The Kier molecular flexibility index (Phi) is 6.35. The van der Waals surface area contributed by atoms with Crippen LogP contribution in [0.25, 0.3) is 11.0 Å². The lowest BCUT2D eigenvalue weighted by molar-refractivity contribution is 0.0948. The van der Waals surface area contributed by atoms with E-state index in [1.54, 1.807) is 6.07 Å². The van der Waals surface area contributed by atoms with E-state index >= 15 is 0 Å². The molecular weight excluding hydrogens is 420 g/mol. The number of nitrogens with zero attached hydrogens (tertiary/aromatic N) is 2. The molecule has 0 unspecified atom stereocenters. The maximum atomic E-state index is 13.1. The van der Waals surface area contributed by atoms with Crippen LogP contribution < -0.4 is 21.3 Å². The number of amides is 1. The number of benzene rings is 1. The van der Waals surface area contributed by atoms with Gasteiger partial charge in [-0.15, -0.1) is 0 Å². The molecule has 33 heavy (non-hydrogen) atoms. The quantitative estimate of drug-likeness (QED) is 0.513. The smallest absolute Gasteiger partial charge is 0.330 e. The summed E-state index contributed by atoms with van der Waals surface area (Å²) in [6.07, 6.45) is 1.97. The van der Waals surface area contributed by atoms with Crippen molar-refractivity contribution in [2.75, 3.05) is 13.2 Å². The van der Waals surface area contributed by atoms with Crippen molar-refractivity contribution < 1.29 is 9.53 Å². The van der Waals surface area contributed by atoms with Crippen molar-refractivity contribution in [1.82, 2.24) is 19.9 Å². The molecule has 2 N–H and O–H groups in total. The first-order valence-corrected chi connectivity index (χ1v) is 11.4. The van der Waals surface area contributed by atoms with Crippen molar-refractivity contribution in [2.45, 2.75) is 53.0 Å². The number of pyridine rings is 1. The van der Waals surface area contributed by atoms with Crippen molar-refractivity contribution in [3.63, 3.8) is 0 Å². The van der Waals surface area contributed by atoms with Crippen LogP contribution in [0.5, 0.6) is 5.75 Å². The standard InChI is InChI=1S/C25H30N4O4/c1-14(2)13-29-22-20(24(31)28-25(29)32)18(12-19(27-22)17-8-9-17)23(30)26-10-11-33-21-15(3)6-5-7-16(21)4/h5-7,12,14,17H,8-11,13H2,1-4H3,(H,26,30)(H,28,31,32). The Labute approximate surface area is 192 Å². The van der Waals surface area contributed by atoms with E-state index in [1.165, 1.54) is 4.57 Å². The van der Waals surface area contributed by atoms with E-state index in [0.29, 0.717) is 13.2 Å². The lowest BCUT2D eigenvalue weighted by Gasteiger charge is -2.15. The van der Waals surface area contributed by atoms with Gasteiger partial charge in [0.25, 0.3) is 11.5 Å².